The Morgan fingerprint density at radius 2 is 1.82 bits per heavy atom. The van der Waals surface area contributed by atoms with Gasteiger partial charge in [-0.05, 0) is 37.8 Å². The first kappa shape index (κ1) is 18.0. The Bertz CT molecular complexity index is 533. The second kappa shape index (κ2) is 7.29. The molecule has 0 radical (unpaired) electrons. The zero-order chi connectivity index (χ0) is 16.9. The molecule has 122 valence electrons. The van der Waals surface area contributed by atoms with Gasteiger partial charge in [0.2, 0.25) is 5.91 Å². The van der Waals surface area contributed by atoms with Crippen molar-refractivity contribution in [1.29, 1.82) is 0 Å². The predicted octanol–water partition coefficient (Wildman–Crippen LogP) is 3.25. The molecule has 5 nitrogen and oxygen atoms in total. The van der Waals surface area contributed by atoms with Crippen LogP contribution in [0.1, 0.15) is 64.1 Å². The molecule has 0 spiro atoms. The molecule has 3 N–H and O–H groups in total. The highest BCUT2D eigenvalue weighted by Gasteiger charge is 2.22. The summed E-state index contributed by atoms with van der Waals surface area (Å²) >= 11 is 0. The van der Waals surface area contributed by atoms with Gasteiger partial charge in [0.15, 0.2) is 0 Å². The number of hydrogen-bond donors (Lipinski definition) is 2. The van der Waals surface area contributed by atoms with Crippen LogP contribution < -0.4 is 11.1 Å². The maximum absolute atomic E-state index is 12.0. The topological polar surface area (TPSA) is 81.4 Å². The molecular weight excluding hydrogens is 280 g/mol. The Morgan fingerprint density at radius 3 is 2.32 bits per heavy atom. The SMILES string of the molecule is CC(C)c1cccc(C(CC(N)=O)NC(=O)OC(C)(C)C)c1. The molecule has 1 unspecified atom stereocenters. The number of alkyl carbamates (subject to hydrolysis) is 1. The van der Waals surface area contributed by atoms with Crippen LogP contribution in [0.25, 0.3) is 0 Å². The summed E-state index contributed by atoms with van der Waals surface area (Å²) in [6, 6.07) is 7.29. The van der Waals surface area contributed by atoms with Gasteiger partial charge in [0.05, 0.1) is 12.5 Å². The van der Waals surface area contributed by atoms with Crippen LogP contribution in [-0.2, 0) is 9.53 Å². The lowest BCUT2D eigenvalue weighted by atomic mass is 9.96. The number of amides is 2. The monoisotopic (exact) mass is 306 g/mol. The van der Waals surface area contributed by atoms with Crippen LogP contribution in [0.3, 0.4) is 0 Å². The van der Waals surface area contributed by atoms with Gasteiger partial charge in [0.25, 0.3) is 0 Å². The fraction of sp³-hybridized carbons (Fsp3) is 0.529. The van der Waals surface area contributed by atoms with Gasteiger partial charge >= 0.3 is 6.09 Å². The van der Waals surface area contributed by atoms with Crippen molar-refractivity contribution in [1.82, 2.24) is 5.32 Å². The Balaban J connectivity index is 2.95. The number of rotatable bonds is 5. The van der Waals surface area contributed by atoms with Gasteiger partial charge in [-0.3, -0.25) is 4.79 Å². The number of nitrogens with one attached hydrogen (secondary N) is 1. The number of carbonyl (C=O) groups is 2. The van der Waals surface area contributed by atoms with Crippen molar-refractivity contribution < 1.29 is 14.3 Å². The Morgan fingerprint density at radius 1 is 1.23 bits per heavy atom. The number of primary amides is 1. The Labute approximate surface area is 132 Å². The van der Waals surface area contributed by atoms with E-state index in [4.69, 9.17) is 10.5 Å². The van der Waals surface area contributed by atoms with E-state index in [0.717, 1.165) is 11.1 Å². The average molecular weight is 306 g/mol. The van der Waals surface area contributed by atoms with Crippen molar-refractivity contribution in [3.8, 4) is 0 Å². The summed E-state index contributed by atoms with van der Waals surface area (Å²) in [7, 11) is 0. The van der Waals surface area contributed by atoms with Crippen molar-refractivity contribution in [3.63, 3.8) is 0 Å². The molecule has 5 heteroatoms. The maximum atomic E-state index is 12.0. The van der Waals surface area contributed by atoms with Gasteiger partial charge in [0.1, 0.15) is 5.60 Å². The molecule has 0 heterocycles. The summed E-state index contributed by atoms with van der Waals surface area (Å²) in [5.74, 6) is -0.119. The normalized spacial score (nSPS) is 12.8. The zero-order valence-electron chi connectivity index (χ0n) is 14.0. The lowest BCUT2D eigenvalue weighted by Gasteiger charge is -2.24. The van der Waals surface area contributed by atoms with E-state index in [1.807, 2.05) is 24.3 Å². The third-order valence-corrected chi connectivity index (χ3v) is 3.08. The van der Waals surface area contributed by atoms with E-state index in [9.17, 15) is 9.59 Å². The third-order valence-electron chi connectivity index (χ3n) is 3.08. The van der Waals surface area contributed by atoms with Gasteiger partial charge in [-0.15, -0.1) is 0 Å². The van der Waals surface area contributed by atoms with E-state index in [-0.39, 0.29) is 6.42 Å². The molecule has 1 rings (SSSR count). The zero-order valence-corrected chi connectivity index (χ0v) is 14.0. The molecule has 1 aromatic carbocycles. The minimum absolute atomic E-state index is 0.0286. The molecule has 1 atom stereocenters. The highest BCUT2D eigenvalue weighted by atomic mass is 16.6. The molecular formula is C17H26N2O3. The van der Waals surface area contributed by atoms with Crippen molar-refractivity contribution in [2.24, 2.45) is 5.73 Å². The summed E-state index contributed by atoms with van der Waals surface area (Å²) in [6.45, 7) is 9.53. The van der Waals surface area contributed by atoms with E-state index in [0.29, 0.717) is 5.92 Å². The molecule has 0 bridgehead atoms. The quantitative estimate of drug-likeness (QED) is 0.876. The van der Waals surface area contributed by atoms with E-state index < -0.39 is 23.6 Å². The number of benzene rings is 1. The standard InChI is InChI=1S/C17H26N2O3/c1-11(2)12-7-6-8-13(9-12)14(10-15(18)20)19-16(21)22-17(3,4)5/h6-9,11,14H,10H2,1-5H3,(H2,18,20)(H,19,21). The highest BCUT2D eigenvalue weighted by Crippen LogP contribution is 2.22. The van der Waals surface area contributed by atoms with E-state index in [1.165, 1.54) is 0 Å². The molecule has 2 amide bonds. The summed E-state index contributed by atoms with van der Waals surface area (Å²) in [5.41, 5.74) is 6.68. The van der Waals surface area contributed by atoms with Crippen LogP contribution in [0, 0.1) is 0 Å². The van der Waals surface area contributed by atoms with Crippen LogP contribution in [0.15, 0.2) is 24.3 Å². The molecule has 1 aromatic rings. The number of nitrogens with two attached hydrogens (primary N) is 1. The van der Waals surface area contributed by atoms with Crippen molar-refractivity contribution in [2.45, 2.75) is 58.6 Å². The van der Waals surface area contributed by atoms with E-state index in [2.05, 4.69) is 19.2 Å². The number of hydrogen-bond acceptors (Lipinski definition) is 3. The lowest BCUT2D eigenvalue weighted by Crippen LogP contribution is -2.36. The molecule has 0 aromatic heterocycles. The Kier molecular flexibility index (Phi) is 5.97. The molecule has 22 heavy (non-hydrogen) atoms. The summed E-state index contributed by atoms with van der Waals surface area (Å²) in [6.07, 6.45) is -0.533. The first-order valence-corrected chi connectivity index (χ1v) is 7.46. The van der Waals surface area contributed by atoms with Crippen molar-refractivity contribution in [2.75, 3.05) is 0 Å². The largest absolute Gasteiger partial charge is 0.444 e. The van der Waals surface area contributed by atoms with Gasteiger partial charge in [-0.25, -0.2) is 4.79 Å². The minimum atomic E-state index is -0.596. The molecule has 0 saturated carbocycles. The minimum Gasteiger partial charge on any atom is -0.444 e. The fourth-order valence-electron chi connectivity index (χ4n) is 2.04. The van der Waals surface area contributed by atoms with Crippen LogP contribution in [0.5, 0.6) is 0 Å². The van der Waals surface area contributed by atoms with Crippen molar-refractivity contribution in [3.05, 3.63) is 35.4 Å². The summed E-state index contributed by atoms with van der Waals surface area (Å²) < 4.78 is 5.25. The first-order chi connectivity index (χ1) is 10.1. The fourth-order valence-corrected chi connectivity index (χ4v) is 2.04. The first-order valence-electron chi connectivity index (χ1n) is 7.46. The van der Waals surface area contributed by atoms with Gasteiger partial charge < -0.3 is 15.8 Å². The second-order valence-electron chi connectivity index (χ2n) is 6.69. The van der Waals surface area contributed by atoms with Gasteiger partial charge in [-0.1, -0.05) is 38.1 Å². The third kappa shape index (κ3) is 6.16. The van der Waals surface area contributed by atoms with Crippen LogP contribution in [0.4, 0.5) is 4.79 Å². The molecule has 0 fully saturated rings. The average Bonchev–Trinajstić information content (AvgIpc) is 2.35. The van der Waals surface area contributed by atoms with Crippen LogP contribution in [-0.4, -0.2) is 17.6 Å². The van der Waals surface area contributed by atoms with E-state index >= 15 is 0 Å². The lowest BCUT2D eigenvalue weighted by molar-refractivity contribution is -0.118. The molecule has 0 aliphatic carbocycles. The molecule has 0 aliphatic rings. The smallest absolute Gasteiger partial charge is 0.408 e. The highest BCUT2D eigenvalue weighted by molar-refractivity contribution is 5.76. The predicted molar refractivity (Wildman–Crippen MR) is 86.5 cm³/mol. The summed E-state index contributed by atoms with van der Waals surface area (Å²) in [5, 5.41) is 2.73. The molecule has 0 saturated heterocycles. The van der Waals surface area contributed by atoms with Crippen LogP contribution >= 0.6 is 0 Å². The van der Waals surface area contributed by atoms with Crippen LogP contribution in [0.2, 0.25) is 0 Å². The maximum Gasteiger partial charge on any atom is 0.408 e. The van der Waals surface area contributed by atoms with E-state index in [1.54, 1.807) is 20.8 Å². The molecule has 0 aliphatic heterocycles. The summed E-state index contributed by atoms with van der Waals surface area (Å²) in [4.78, 5) is 23.3. The number of carbonyl (C=O) groups excluding carboxylic acids is 2. The Hall–Kier alpha value is -2.04. The van der Waals surface area contributed by atoms with Gasteiger partial charge in [0, 0.05) is 0 Å². The number of ether oxygens (including phenoxy) is 1. The van der Waals surface area contributed by atoms with Gasteiger partial charge in [-0.2, -0.15) is 0 Å². The second-order valence-corrected chi connectivity index (χ2v) is 6.69. The van der Waals surface area contributed by atoms with Crippen molar-refractivity contribution >= 4 is 12.0 Å².